The Labute approximate surface area is 142 Å². The highest BCUT2D eigenvalue weighted by Gasteiger charge is 2.19. The Morgan fingerprint density at radius 2 is 2.17 bits per heavy atom. The first-order valence-electron chi connectivity index (χ1n) is 8.35. The van der Waals surface area contributed by atoms with Crippen molar-refractivity contribution in [2.45, 2.75) is 32.4 Å². The summed E-state index contributed by atoms with van der Waals surface area (Å²) >= 11 is 1.72. The van der Waals surface area contributed by atoms with Crippen molar-refractivity contribution in [2.75, 3.05) is 26.7 Å². The molecule has 5 heteroatoms. The van der Waals surface area contributed by atoms with Gasteiger partial charge in [0.2, 0.25) is 0 Å². The van der Waals surface area contributed by atoms with E-state index in [9.17, 15) is 0 Å². The number of likely N-dealkylation sites (N-methyl/N-ethyl adjacent to an activating group) is 1. The van der Waals surface area contributed by atoms with Crippen molar-refractivity contribution in [3.63, 3.8) is 0 Å². The van der Waals surface area contributed by atoms with Crippen molar-refractivity contribution in [1.82, 2.24) is 15.2 Å². The van der Waals surface area contributed by atoms with Gasteiger partial charge in [-0.05, 0) is 57.6 Å². The minimum absolute atomic E-state index is 0.618. The van der Waals surface area contributed by atoms with Gasteiger partial charge >= 0.3 is 0 Å². The highest BCUT2D eigenvalue weighted by atomic mass is 32.1. The number of benzene rings is 1. The van der Waals surface area contributed by atoms with E-state index in [2.05, 4.69) is 34.8 Å². The summed E-state index contributed by atoms with van der Waals surface area (Å²) in [6, 6.07) is 8.83. The zero-order valence-electron chi connectivity index (χ0n) is 13.9. The number of thiazole rings is 1. The summed E-state index contributed by atoms with van der Waals surface area (Å²) in [4.78, 5) is 7.32. The second kappa shape index (κ2) is 7.90. The highest BCUT2D eigenvalue weighted by molar-refractivity contribution is 7.13. The fourth-order valence-corrected chi connectivity index (χ4v) is 3.85. The van der Waals surface area contributed by atoms with Crippen LogP contribution in [0.1, 0.15) is 25.5 Å². The fourth-order valence-electron chi connectivity index (χ4n) is 3.04. The molecule has 124 valence electrons. The largest absolute Gasteiger partial charge is 0.494 e. The second-order valence-corrected chi connectivity index (χ2v) is 6.82. The third-order valence-corrected chi connectivity index (χ3v) is 5.20. The van der Waals surface area contributed by atoms with Crippen LogP contribution in [0.3, 0.4) is 0 Å². The van der Waals surface area contributed by atoms with E-state index >= 15 is 0 Å². The van der Waals surface area contributed by atoms with Crippen LogP contribution in [-0.4, -0.2) is 42.7 Å². The molecule has 0 bridgehead atoms. The Morgan fingerprint density at radius 3 is 2.91 bits per heavy atom. The summed E-state index contributed by atoms with van der Waals surface area (Å²) in [5, 5.41) is 6.67. The summed E-state index contributed by atoms with van der Waals surface area (Å²) in [7, 11) is 2.06. The molecule has 1 fully saturated rings. The normalized spacial score (nSPS) is 19.0. The van der Waals surface area contributed by atoms with Gasteiger partial charge in [-0.3, -0.25) is 4.90 Å². The molecule has 3 rings (SSSR count). The average molecular weight is 331 g/mol. The summed E-state index contributed by atoms with van der Waals surface area (Å²) in [6.07, 6.45) is 2.54. The number of nitrogens with zero attached hydrogens (tertiary/aromatic N) is 2. The van der Waals surface area contributed by atoms with Gasteiger partial charge in [0.1, 0.15) is 10.8 Å². The van der Waals surface area contributed by atoms with Crippen LogP contribution < -0.4 is 10.1 Å². The molecular formula is C18H25N3OS. The molecule has 0 radical (unpaired) electrons. The van der Waals surface area contributed by atoms with E-state index in [4.69, 9.17) is 9.72 Å². The molecular weight excluding hydrogens is 306 g/mol. The molecule has 1 aromatic carbocycles. The fraction of sp³-hybridized carbons (Fsp3) is 0.500. The zero-order chi connectivity index (χ0) is 16.1. The maximum absolute atomic E-state index is 5.49. The van der Waals surface area contributed by atoms with Crippen LogP contribution in [0.5, 0.6) is 5.75 Å². The molecule has 1 saturated heterocycles. The van der Waals surface area contributed by atoms with Gasteiger partial charge < -0.3 is 10.1 Å². The Hall–Kier alpha value is -1.43. The number of aromatic nitrogens is 1. The van der Waals surface area contributed by atoms with E-state index in [1.54, 1.807) is 11.3 Å². The van der Waals surface area contributed by atoms with Crippen molar-refractivity contribution in [1.29, 1.82) is 0 Å². The van der Waals surface area contributed by atoms with Crippen molar-refractivity contribution in [2.24, 2.45) is 0 Å². The lowest BCUT2D eigenvalue weighted by atomic mass is 10.1. The molecule has 1 aliphatic rings. The Bertz CT molecular complexity index is 611. The molecule has 1 atom stereocenters. The monoisotopic (exact) mass is 331 g/mol. The van der Waals surface area contributed by atoms with E-state index < -0.39 is 0 Å². The Balaban J connectivity index is 1.63. The predicted molar refractivity (Wildman–Crippen MR) is 96.1 cm³/mol. The third kappa shape index (κ3) is 4.31. The van der Waals surface area contributed by atoms with E-state index in [-0.39, 0.29) is 0 Å². The molecule has 0 amide bonds. The quantitative estimate of drug-likeness (QED) is 0.880. The van der Waals surface area contributed by atoms with Gasteiger partial charge in [0.05, 0.1) is 12.3 Å². The maximum atomic E-state index is 5.49. The van der Waals surface area contributed by atoms with Crippen molar-refractivity contribution in [3.05, 3.63) is 35.3 Å². The van der Waals surface area contributed by atoms with Crippen molar-refractivity contribution < 1.29 is 4.74 Å². The smallest absolute Gasteiger partial charge is 0.123 e. The number of piperidine rings is 1. The van der Waals surface area contributed by atoms with E-state index in [0.29, 0.717) is 12.6 Å². The molecule has 2 aromatic rings. The van der Waals surface area contributed by atoms with Gasteiger partial charge in [-0.2, -0.15) is 0 Å². The predicted octanol–water partition coefficient (Wildman–Crippen LogP) is 3.39. The molecule has 1 aromatic heterocycles. The van der Waals surface area contributed by atoms with E-state index in [0.717, 1.165) is 29.4 Å². The van der Waals surface area contributed by atoms with Crippen LogP contribution in [0.2, 0.25) is 0 Å². The van der Waals surface area contributed by atoms with Crippen LogP contribution in [-0.2, 0) is 6.54 Å². The van der Waals surface area contributed by atoms with Crippen LogP contribution in [0.4, 0.5) is 0 Å². The number of hydrogen-bond acceptors (Lipinski definition) is 5. The van der Waals surface area contributed by atoms with Crippen molar-refractivity contribution in [3.8, 4) is 16.3 Å². The topological polar surface area (TPSA) is 37.4 Å². The molecule has 0 spiro atoms. The first-order valence-corrected chi connectivity index (χ1v) is 9.23. The first kappa shape index (κ1) is 16.4. The number of ether oxygens (including phenoxy) is 1. The summed E-state index contributed by atoms with van der Waals surface area (Å²) in [5.74, 6) is 0.916. The maximum Gasteiger partial charge on any atom is 0.123 e. The molecule has 0 aliphatic carbocycles. The number of likely N-dealkylation sites (tertiary alicyclic amines) is 1. The summed E-state index contributed by atoms with van der Waals surface area (Å²) in [5.41, 5.74) is 2.34. The Kier molecular flexibility index (Phi) is 5.65. The van der Waals surface area contributed by atoms with Gasteiger partial charge in [-0.25, -0.2) is 4.98 Å². The summed E-state index contributed by atoms with van der Waals surface area (Å²) < 4.78 is 5.49. The van der Waals surface area contributed by atoms with Crippen LogP contribution in [0, 0.1) is 0 Å². The summed E-state index contributed by atoms with van der Waals surface area (Å²) in [6.45, 7) is 5.94. The SMILES string of the molecule is CCOc1ccc(-c2nc(CN3CCCC(NC)C3)cs2)cc1. The highest BCUT2D eigenvalue weighted by Crippen LogP contribution is 2.26. The van der Waals surface area contributed by atoms with Crippen LogP contribution >= 0.6 is 11.3 Å². The minimum Gasteiger partial charge on any atom is -0.494 e. The van der Waals surface area contributed by atoms with Gasteiger partial charge in [-0.15, -0.1) is 11.3 Å². The standard InChI is InChI=1S/C18H25N3OS/c1-3-22-17-8-6-14(7-9-17)18-20-16(13-23-18)12-21-10-4-5-15(11-21)19-2/h6-9,13,15,19H,3-5,10-12H2,1-2H3. The lowest BCUT2D eigenvalue weighted by Crippen LogP contribution is -2.43. The minimum atomic E-state index is 0.618. The Morgan fingerprint density at radius 1 is 1.35 bits per heavy atom. The lowest BCUT2D eigenvalue weighted by Gasteiger charge is -2.31. The van der Waals surface area contributed by atoms with Gasteiger partial charge in [0.25, 0.3) is 0 Å². The molecule has 2 heterocycles. The van der Waals surface area contributed by atoms with Gasteiger partial charge in [0.15, 0.2) is 0 Å². The van der Waals surface area contributed by atoms with Gasteiger partial charge in [-0.1, -0.05) is 0 Å². The zero-order valence-corrected chi connectivity index (χ0v) is 14.7. The number of nitrogens with one attached hydrogen (secondary N) is 1. The van der Waals surface area contributed by atoms with E-state index in [1.165, 1.54) is 25.1 Å². The van der Waals surface area contributed by atoms with Crippen LogP contribution in [0.15, 0.2) is 29.6 Å². The van der Waals surface area contributed by atoms with E-state index in [1.807, 2.05) is 19.1 Å². The lowest BCUT2D eigenvalue weighted by molar-refractivity contribution is 0.186. The molecule has 23 heavy (non-hydrogen) atoms. The average Bonchev–Trinajstić information content (AvgIpc) is 3.04. The van der Waals surface area contributed by atoms with Crippen LogP contribution in [0.25, 0.3) is 10.6 Å². The van der Waals surface area contributed by atoms with Gasteiger partial charge in [0, 0.05) is 30.1 Å². The molecule has 0 saturated carbocycles. The second-order valence-electron chi connectivity index (χ2n) is 5.96. The molecule has 4 nitrogen and oxygen atoms in total. The molecule has 1 unspecified atom stereocenters. The first-order chi connectivity index (χ1) is 11.3. The number of rotatable bonds is 6. The van der Waals surface area contributed by atoms with Crippen molar-refractivity contribution >= 4 is 11.3 Å². The third-order valence-electron chi connectivity index (χ3n) is 4.26. The molecule has 1 N–H and O–H groups in total. The number of hydrogen-bond donors (Lipinski definition) is 1. The molecule has 1 aliphatic heterocycles.